The quantitative estimate of drug-likeness (QED) is 0.530. The molecule has 9 nitrogen and oxygen atoms in total. The normalized spacial score (nSPS) is 16.9. The summed E-state index contributed by atoms with van der Waals surface area (Å²) in [6, 6.07) is 9.00. The van der Waals surface area contributed by atoms with Crippen LogP contribution < -0.4 is 10.2 Å². The second-order valence-electron chi connectivity index (χ2n) is 9.65. The lowest BCUT2D eigenvalue weighted by molar-refractivity contribution is -0.128. The van der Waals surface area contributed by atoms with Gasteiger partial charge in [-0.2, -0.15) is 4.98 Å². The Morgan fingerprint density at radius 3 is 2.56 bits per heavy atom. The SMILES string of the molecule is C=CC(=O)N1CCN(C(CC(C)C)c2ccc(CNc3ncc4c(n3)N(CC)C(=O)OC4)cc2)CC1. The van der Waals surface area contributed by atoms with Gasteiger partial charge in [-0.15, -0.1) is 0 Å². The fourth-order valence-electron chi connectivity index (χ4n) is 4.77. The third-order valence-corrected chi connectivity index (χ3v) is 6.74. The Labute approximate surface area is 213 Å². The lowest BCUT2D eigenvalue weighted by Crippen LogP contribution is -2.49. The van der Waals surface area contributed by atoms with E-state index in [4.69, 9.17) is 4.74 Å². The van der Waals surface area contributed by atoms with Gasteiger partial charge in [-0.3, -0.25) is 14.6 Å². The number of benzene rings is 1. The third-order valence-electron chi connectivity index (χ3n) is 6.74. The number of anilines is 2. The number of cyclic esters (lactones) is 1. The van der Waals surface area contributed by atoms with Crippen molar-refractivity contribution in [3.8, 4) is 0 Å². The van der Waals surface area contributed by atoms with Gasteiger partial charge in [-0.05, 0) is 36.5 Å². The van der Waals surface area contributed by atoms with Crippen LogP contribution in [0.4, 0.5) is 16.6 Å². The molecule has 9 heteroatoms. The summed E-state index contributed by atoms with van der Waals surface area (Å²) < 4.78 is 5.16. The molecule has 2 aliphatic heterocycles. The topological polar surface area (TPSA) is 90.9 Å². The maximum Gasteiger partial charge on any atom is 0.415 e. The number of aromatic nitrogens is 2. The minimum Gasteiger partial charge on any atom is -0.444 e. The molecule has 2 aromatic rings. The van der Waals surface area contributed by atoms with E-state index in [0.717, 1.165) is 43.7 Å². The van der Waals surface area contributed by atoms with Crippen LogP contribution >= 0.6 is 0 Å². The van der Waals surface area contributed by atoms with Crippen molar-refractivity contribution in [1.29, 1.82) is 0 Å². The van der Waals surface area contributed by atoms with Crippen LogP contribution in [0.1, 0.15) is 49.9 Å². The van der Waals surface area contributed by atoms with E-state index in [-0.39, 0.29) is 18.6 Å². The van der Waals surface area contributed by atoms with Crippen molar-refractivity contribution >= 4 is 23.8 Å². The number of carbonyl (C=O) groups is 2. The number of carbonyl (C=O) groups excluding carboxylic acids is 2. The first-order valence-electron chi connectivity index (χ1n) is 12.7. The van der Waals surface area contributed by atoms with E-state index in [2.05, 4.69) is 64.9 Å². The maximum absolute atomic E-state index is 12.0. The summed E-state index contributed by atoms with van der Waals surface area (Å²) in [4.78, 5) is 38.8. The van der Waals surface area contributed by atoms with Gasteiger partial charge < -0.3 is 15.0 Å². The standard InChI is InChI=1S/C27H36N6O3/c1-5-24(34)32-13-11-31(12-14-32)23(15-19(3)4)21-9-7-20(8-10-21)16-28-26-29-17-22-18-36-27(35)33(6-2)25(22)30-26/h5,7-10,17,19,23H,1,6,11-16,18H2,2-4H3,(H,28,29,30). The van der Waals surface area contributed by atoms with Crippen molar-refractivity contribution in [2.75, 3.05) is 42.9 Å². The number of fused-ring (bicyclic) bond motifs is 1. The molecule has 1 atom stereocenters. The van der Waals surface area contributed by atoms with Crippen molar-refractivity contribution in [1.82, 2.24) is 19.8 Å². The van der Waals surface area contributed by atoms with Gasteiger partial charge in [0.25, 0.3) is 0 Å². The summed E-state index contributed by atoms with van der Waals surface area (Å²) in [5, 5.41) is 3.28. The zero-order chi connectivity index (χ0) is 25.7. The highest BCUT2D eigenvalue weighted by atomic mass is 16.6. The molecular formula is C27H36N6O3. The van der Waals surface area contributed by atoms with Gasteiger partial charge in [0, 0.05) is 51.5 Å². The summed E-state index contributed by atoms with van der Waals surface area (Å²) in [7, 11) is 0. The van der Waals surface area contributed by atoms with Crippen LogP contribution in [0, 0.1) is 5.92 Å². The number of ether oxygens (including phenoxy) is 1. The molecule has 2 aliphatic rings. The molecule has 2 amide bonds. The van der Waals surface area contributed by atoms with Gasteiger partial charge in [0.2, 0.25) is 11.9 Å². The van der Waals surface area contributed by atoms with Crippen LogP contribution in [0.25, 0.3) is 0 Å². The first-order chi connectivity index (χ1) is 17.4. The molecular weight excluding hydrogens is 456 g/mol. The van der Waals surface area contributed by atoms with Crippen LogP contribution in [0.15, 0.2) is 43.1 Å². The Morgan fingerprint density at radius 2 is 1.92 bits per heavy atom. The zero-order valence-corrected chi connectivity index (χ0v) is 21.4. The highest BCUT2D eigenvalue weighted by Gasteiger charge is 2.28. The lowest BCUT2D eigenvalue weighted by Gasteiger charge is -2.40. The minimum atomic E-state index is -0.380. The van der Waals surface area contributed by atoms with E-state index in [1.165, 1.54) is 16.5 Å². The molecule has 0 saturated carbocycles. The van der Waals surface area contributed by atoms with Gasteiger partial charge in [0.1, 0.15) is 12.4 Å². The second-order valence-corrected chi connectivity index (χ2v) is 9.65. The molecule has 192 valence electrons. The Hall–Kier alpha value is -3.46. The smallest absolute Gasteiger partial charge is 0.415 e. The van der Waals surface area contributed by atoms with E-state index in [1.807, 2.05) is 11.8 Å². The van der Waals surface area contributed by atoms with E-state index in [0.29, 0.717) is 36.8 Å². The van der Waals surface area contributed by atoms with Gasteiger partial charge in [-0.1, -0.05) is 44.7 Å². The molecule has 0 bridgehead atoms. The summed E-state index contributed by atoms with van der Waals surface area (Å²) in [5.74, 6) is 1.66. The summed E-state index contributed by atoms with van der Waals surface area (Å²) in [6.45, 7) is 14.4. The summed E-state index contributed by atoms with van der Waals surface area (Å²) in [5.41, 5.74) is 3.21. The van der Waals surface area contributed by atoms with Crippen molar-refractivity contribution < 1.29 is 14.3 Å². The largest absolute Gasteiger partial charge is 0.444 e. The van der Waals surface area contributed by atoms with Gasteiger partial charge in [0.05, 0.1) is 5.56 Å². The fraction of sp³-hybridized carbons (Fsp3) is 0.481. The van der Waals surface area contributed by atoms with Gasteiger partial charge in [-0.25, -0.2) is 9.78 Å². The Balaban J connectivity index is 1.40. The monoisotopic (exact) mass is 492 g/mol. The zero-order valence-electron chi connectivity index (χ0n) is 21.4. The fourth-order valence-corrected chi connectivity index (χ4v) is 4.77. The molecule has 1 unspecified atom stereocenters. The van der Waals surface area contributed by atoms with Crippen LogP contribution in [0.5, 0.6) is 0 Å². The number of hydrogen-bond donors (Lipinski definition) is 1. The Kier molecular flexibility index (Phi) is 8.20. The molecule has 0 radical (unpaired) electrons. The molecule has 0 aliphatic carbocycles. The number of amides is 2. The summed E-state index contributed by atoms with van der Waals surface area (Å²) >= 11 is 0. The molecule has 1 aromatic heterocycles. The number of nitrogens with one attached hydrogen (secondary N) is 1. The van der Waals surface area contributed by atoms with Crippen LogP contribution in [0.3, 0.4) is 0 Å². The van der Waals surface area contributed by atoms with E-state index >= 15 is 0 Å². The Bertz CT molecular complexity index is 1080. The number of piperazine rings is 1. The van der Waals surface area contributed by atoms with Crippen molar-refractivity contribution in [2.24, 2.45) is 5.92 Å². The highest BCUT2D eigenvalue weighted by molar-refractivity contribution is 5.89. The highest BCUT2D eigenvalue weighted by Crippen LogP contribution is 2.30. The first-order valence-corrected chi connectivity index (χ1v) is 12.7. The van der Waals surface area contributed by atoms with Crippen molar-refractivity contribution in [2.45, 2.75) is 46.4 Å². The third kappa shape index (κ3) is 5.84. The molecule has 1 N–H and O–H groups in total. The average molecular weight is 493 g/mol. The molecule has 3 heterocycles. The van der Waals surface area contributed by atoms with Crippen molar-refractivity contribution in [3.63, 3.8) is 0 Å². The van der Waals surface area contributed by atoms with Gasteiger partial charge in [0.15, 0.2) is 0 Å². The predicted octanol–water partition coefficient (Wildman–Crippen LogP) is 3.98. The van der Waals surface area contributed by atoms with Gasteiger partial charge >= 0.3 is 6.09 Å². The van der Waals surface area contributed by atoms with E-state index < -0.39 is 0 Å². The first kappa shape index (κ1) is 25.6. The van der Waals surface area contributed by atoms with E-state index in [9.17, 15) is 9.59 Å². The molecule has 36 heavy (non-hydrogen) atoms. The molecule has 1 fully saturated rings. The Morgan fingerprint density at radius 1 is 1.19 bits per heavy atom. The number of hydrogen-bond acceptors (Lipinski definition) is 7. The average Bonchev–Trinajstić information content (AvgIpc) is 2.90. The van der Waals surface area contributed by atoms with Crippen LogP contribution in [-0.2, 0) is 22.7 Å². The van der Waals surface area contributed by atoms with Crippen LogP contribution in [0.2, 0.25) is 0 Å². The number of rotatable bonds is 9. The predicted molar refractivity (Wildman–Crippen MR) is 140 cm³/mol. The molecule has 1 saturated heterocycles. The van der Waals surface area contributed by atoms with Crippen LogP contribution in [-0.4, -0.2) is 64.5 Å². The maximum atomic E-state index is 12.0. The molecule has 0 spiro atoms. The molecule has 1 aromatic carbocycles. The molecule has 4 rings (SSSR count). The second kappa shape index (κ2) is 11.5. The number of nitrogens with zero attached hydrogens (tertiary/aromatic N) is 5. The van der Waals surface area contributed by atoms with Crippen molar-refractivity contribution in [3.05, 3.63) is 59.8 Å². The van der Waals surface area contributed by atoms with E-state index in [1.54, 1.807) is 6.20 Å². The lowest BCUT2D eigenvalue weighted by atomic mass is 9.94. The summed E-state index contributed by atoms with van der Waals surface area (Å²) in [6.07, 6.45) is 3.79. The minimum absolute atomic E-state index is 0.0113.